The molecule has 6 heteroatoms. The summed E-state index contributed by atoms with van der Waals surface area (Å²) < 4.78 is 14.8. The molecule has 0 spiro atoms. The third-order valence-corrected chi connectivity index (χ3v) is 3.03. The first-order chi connectivity index (χ1) is 11.1. The first-order valence-electron chi connectivity index (χ1n) is 8.20. The Bertz CT molecular complexity index is 364. The Hall–Kier alpha value is -1.85. The van der Waals surface area contributed by atoms with Crippen LogP contribution < -0.4 is 0 Å². The van der Waals surface area contributed by atoms with Crippen molar-refractivity contribution in [3.05, 3.63) is 12.7 Å². The van der Waals surface area contributed by atoms with Gasteiger partial charge in [0.05, 0.1) is 19.8 Å². The van der Waals surface area contributed by atoms with Gasteiger partial charge < -0.3 is 14.2 Å². The molecule has 0 unspecified atom stereocenters. The van der Waals surface area contributed by atoms with Crippen molar-refractivity contribution in [2.75, 3.05) is 19.8 Å². The Labute approximate surface area is 138 Å². The van der Waals surface area contributed by atoms with Gasteiger partial charge in [-0.25, -0.2) is 4.79 Å². The molecular formula is C17H28O6. The quantitative estimate of drug-likeness (QED) is 0.211. The lowest BCUT2D eigenvalue weighted by molar-refractivity contribution is -0.145. The van der Waals surface area contributed by atoms with E-state index in [2.05, 4.69) is 6.58 Å². The number of hydrogen-bond donors (Lipinski definition) is 0. The SMILES string of the molecule is C=CC(=O)OCCCCCC(=O)OCCCCCC(=O)OCC. The van der Waals surface area contributed by atoms with Crippen molar-refractivity contribution in [2.45, 2.75) is 58.3 Å². The molecule has 0 aliphatic rings. The highest BCUT2D eigenvalue weighted by molar-refractivity contribution is 5.81. The number of carbonyl (C=O) groups excluding carboxylic acids is 3. The second-order valence-corrected chi connectivity index (χ2v) is 5.02. The summed E-state index contributed by atoms with van der Waals surface area (Å²) in [5.74, 6) is -0.811. The first-order valence-corrected chi connectivity index (χ1v) is 8.20. The summed E-state index contributed by atoms with van der Waals surface area (Å²) in [5, 5.41) is 0. The molecule has 0 heterocycles. The van der Waals surface area contributed by atoms with Gasteiger partial charge in [0, 0.05) is 18.9 Å². The Morgan fingerprint density at radius 2 is 1.30 bits per heavy atom. The van der Waals surface area contributed by atoms with Crippen LogP contribution in [0, 0.1) is 0 Å². The number of carbonyl (C=O) groups is 3. The van der Waals surface area contributed by atoms with Crippen molar-refractivity contribution in [1.82, 2.24) is 0 Å². The summed E-state index contributed by atoms with van der Waals surface area (Å²) in [7, 11) is 0. The van der Waals surface area contributed by atoms with Gasteiger partial charge in [-0.05, 0) is 45.4 Å². The van der Waals surface area contributed by atoms with Crippen molar-refractivity contribution in [3.8, 4) is 0 Å². The summed E-state index contributed by atoms with van der Waals surface area (Å²) >= 11 is 0. The van der Waals surface area contributed by atoms with E-state index in [1.54, 1.807) is 6.92 Å². The highest BCUT2D eigenvalue weighted by Crippen LogP contribution is 2.05. The minimum Gasteiger partial charge on any atom is -0.466 e. The monoisotopic (exact) mass is 328 g/mol. The zero-order valence-corrected chi connectivity index (χ0v) is 14.0. The molecule has 132 valence electrons. The van der Waals surface area contributed by atoms with E-state index in [0.29, 0.717) is 39.1 Å². The lowest BCUT2D eigenvalue weighted by Crippen LogP contribution is -2.07. The van der Waals surface area contributed by atoms with E-state index in [1.165, 1.54) is 0 Å². The lowest BCUT2D eigenvalue weighted by Gasteiger charge is -2.05. The molecule has 6 nitrogen and oxygen atoms in total. The van der Waals surface area contributed by atoms with Crippen molar-refractivity contribution in [1.29, 1.82) is 0 Å². The number of rotatable bonds is 14. The van der Waals surface area contributed by atoms with Crippen LogP contribution in [-0.2, 0) is 28.6 Å². The Morgan fingerprint density at radius 3 is 1.83 bits per heavy atom. The molecule has 0 radical (unpaired) electrons. The smallest absolute Gasteiger partial charge is 0.330 e. The topological polar surface area (TPSA) is 78.9 Å². The zero-order valence-electron chi connectivity index (χ0n) is 14.0. The van der Waals surface area contributed by atoms with Crippen LogP contribution in [0.25, 0.3) is 0 Å². The van der Waals surface area contributed by atoms with Gasteiger partial charge in [-0.1, -0.05) is 6.58 Å². The normalized spacial score (nSPS) is 9.96. The average molecular weight is 328 g/mol. The van der Waals surface area contributed by atoms with Crippen LogP contribution in [0.1, 0.15) is 58.3 Å². The molecule has 23 heavy (non-hydrogen) atoms. The van der Waals surface area contributed by atoms with E-state index in [4.69, 9.17) is 14.2 Å². The van der Waals surface area contributed by atoms with Gasteiger partial charge in [-0.3, -0.25) is 9.59 Å². The maximum Gasteiger partial charge on any atom is 0.330 e. The van der Waals surface area contributed by atoms with Crippen LogP contribution in [0.15, 0.2) is 12.7 Å². The molecular weight excluding hydrogens is 300 g/mol. The van der Waals surface area contributed by atoms with E-state index in [0.717, 1.165) is 38.2 Å². The molecule has 0 aliphatic heterocycles. The predicted molar refractivity (Wildman–Crippen MR) is 85.7 cm³/mol. The zero-order chi connectivity index (χ0) is 17.3. The molecule has 0 rings (SSSR count). The van der Waals surface area contributed by atoms with Crippen LogP contribution in [0.3, 0.4) is 0 Å². The summed E-state index contributed by atoms with van der Waals surface area (Å²) in [6.07, 6.45) is 6.50. The number of ether oxygens (including phenoxy) is 3. The second-order valence-electron chi connectivity index (χ2n) is 5.02. The molecule has 0 N–H and O–H groups in total. The van der Waals surface area contributed by atoms with Crippen LogP contribution in [0.5, 0.6) is 0 Å². The molecule has 0 fully saturated rings. The molecule has 0 aromatic carbocycles. The third-order valence-electron chi connectivity index (χ3n) is 3.03. The van der Waals surface area contributed by atoms with Crippen molar-refractivity contribution >= 4 is 17.9 Å². The average Bonchev–Trinajstić information content (AvgIpc) is 2.53. The summed E-state index contributed by atoms with van der Waals surface area (Å²) in [6, 6.07) is 0. The first kappa shape index (κ1) is 21.1. The van der Waals surface area contributed by atoms with Gasteiger partial charge in [-0.2, -0.15) is 0 Å². The van der Waals surface area contributed by atoms with Gasteiger partial charge in [0.15, 0.2) is 0 Å². The van der Waals surface area contributed by atoms with Crippen molar-refractivity contribution in [3.63, 3.8) is 0 Å². The Kier molecular flexibility index (Phi) is 13.8. The third kappa shape index (κ3) is 14.8. The molecule has 0 bridgehead atoms. The molecule has 0 aliphatic carbocycles. The van der Waals surface area contributed by atoms with Crippen molar-refractivity contribution in [2.24, 2.45) is 0 Å². The van der Waals surface area contributed by atoms with Crippen LogP contribution in [0.4, 0.5) is 0 Å². The van der Waals surface area contributed by atoms with Crippen LogP contribution in [-0.4, -0.2) is 37.7 Å². The molecule has 0 aromatic heterocycles. The maximum absolute atomic E-state index is 11.5. The van der Waals surface area contributed by atoms with E-state index in [-0.39, 0.29) is 11.9 Å². The van der Waals surface area contributed by atoms with Gasteiger partial charge in [-0.15, -0.1) is 0 Å². The van der Waals surface area contributed by atoms with Gasteiger partial charge in [0.25, 0.3) is 0 Å². The predicted octanol–water partition coefficient (Wildman–Crippen LogP) is 2.94. The number of esters is 3. The molecule has 0 saturated heterocycles. The highest BCUT2D eigenvalue weighted by Gasteiger charge is 2.04. The standard InChI is InChI=1S/C17H28O6/c1-3-15(18)22-13-9-6-8-12-17(20)23-14-10-5-7-11-16(19)21-4-2/h3H,1,4-14H2,2H3. The fraction of sp³-hybridized carbons (Fsp3) is 0.706. The van der Waals surface area contributed by atoms with E-state index in [1.807, 2.05) is 0 Å². The van der Waals surface area contributed by atoms with Crippen LogP contribution >= 0.6 is 0 Å². The van der Waals surface area contributed by atoms with E-state index >= 15 is 0 Å². The minimum atomic E-state index is -0.424. The minimum absolute atomic E-state index is 0.178. The summed E-state index contributed by atoms with van der Waals surface area (Å²) in [5.41, 5.74) is 0. The Morgan fingerprint density at radius 1 is 0.783 bits per heavy atom. The van der Waals surface area contributed by atoms with E-state index < -0.39 is 5.97 Å². The van der Waals surface area contributed by atoms with Gasteiger partial charge >= 0.3 is 17.9 Å². The molecule has 0 saturated carbocycles. The van der Waals surface area contributed by atoms with Crippen LogP contribution in [0.2, 0.25) is 0 Å². The number of unbranched alkanes of at least 4 members (excludes halogenated alkanes) is 4. The second kappa shape index (κ2) is 15.1. The molecule has 0 atom stereocenters. The summed E-state index contributed by atoms with van der Waals surface area (Å²) in [4.78, 5) is 33.3. The van der Waals surface area contributed by atoms with E-state index in [9.17, 15) is 14.4 Å². The highest BCUT2D eigenvalue weighted by atomic mass is 16.5. The summed E-state index contributed by atoms with van der Waals surface area (Å²) in [6.45, 7) is 6.23. The van der Waals surface area contributed by atoms with Crippen molar-refractivity contribution < 1.29 is 28.6 Å². The fourth-order valence-corrected chi connectivity index (χ4v) is 1.82. The van der Waals surface area contributed by atoms with Gasteiger partial charge in [0.1, 0.15) is 0 Å². The van der Waals surface area contributed by atoms with Gasteiger partial charge in [0.2, 0.25) is 0 Å². The molecule has 0 aromatic rings. The Balaban J connectivity index is 3.32. The fourth-order valence-electron chi connectivity index (χ4n) is 1.82. The maximum atomic E-state index is 11.5. The largest absolute Gasteiger partial charge is 0.466 e. The molecule has 0 amide bonds. The number of hydrogen-bond acceptors (Lipinski definition) is 6. The lowest BCUT2D eigenvalue weighted by atomic mass is 10.2.